The first kappa shape index (κ1) is 14.3. The number of halogens is 1. The minimum Gasteiger partial charge on any atom is -0.378 e. The van der Waals surface area contributed by atoms with Crippen LogP contribution in [-0.2, 0) is 17.8 Å². The summed E-state index contributed by atoms with van der Waals surface area (Å²) in [6, 6.07) is 13.0. The molecule has 2 aromatic rings. The molecule has 0 fully saturated rings. The summed E-state index contributed by atoms with van der Waals surface area (Å²) >= 11 is 5.86. The lowest BCUT2D eigenvalue weighted by Gasteiger charge is -2.19. The quantitative estimate of drug-likeness (QED) is 0.946. The van der Waals surface area contributed by atoms with Gasteiger partial charge in [-0.25, -0.2) is 0 Å². The minimum atomic E-state index is -0.179. The highest BCUT2D eigenvalue weighted by Crippen LogP contribution is 2.26. The molecule has 1 aromatic carbocycles. The number of nitrogens with zero attached hydrogens (tertiary/aromatic N) is 2. The van der Waals surface area contributed by atoms with E-state index in [2.05, 4.69) is 10.3 Å². The molecule has 108 valence electrons. The zero-order chi connectivity index (χ0) is 15.5. The van der Waals surface area contributed by atoms with Gasteiger partial charge in [0, 0.05) is 24.2 Å². The van der Waals surface area contributed by atoms with Crippen molar-refractivity contribution in [2.75, 3.05) is 0 Å². The molecule has 1 N–H and O–H groups in total. The van der Waals surface area contributed by atoms with Gasteiger partial charge in [0.1, 0.15) is 11.6 Å². The second-order valence-electron chi connectivity index (χ2n) is 4.95. The van der Waals surface area contributed by atoms with Crippen molar-refractivity contribution >= 4 is 23.1 Å². The molecule has 1 heterocycles. The van der Waals surface area contributed by atoms with Crippen LogP contribution in [-0.4, -0.2) is 10.8 Å². The van der Waals surface area contributed by atoms with Crippen LogP contribution in [0.5, 0.6) is 0 Å². The molecule has 0 radical (unpaired) electrons. The van der Waals surface area contributed by atoms with Crippen molar-refractivity contribution in [3.63, 3.8) is 0 Å². The zero-order valence-corrected chi connectivity index (χ0v) is 12.4. The average molecular weight is 310 g/mol. The number of fused-ring (bicyclic) bond motifs is 1. The Hall–Kier alpha value is -2.64. The zero-order valence-electron chi connectivity index (χ0n) is 11.6. The van der Waals surface area contributed by atoms with Gasteiger partial charge in [0.15, 0.2) is 5.78 Å². The van der Waals surface area contributed by atoms with Gasteiger partial charge in [-0.1, -0.05) is 29.8 Å². The van der Waals surface area contributed by atoms with E-state index < -0.39 is 0 Å². The fourth-order valence-electron chi connectivity index (χ4n) is 2.41. The molecule has 22 heavy (non-hydrogen) atoms. The fourth-order valence-corrected chi connectivity index (χ4v) is 2.53. The Morgan fingerprint density at radius 1 is 1.27 bits per heavy atom. The van der Waals surface area contributed by atoms with Crippen molar-refractivity contribution in [1.82, 2.24) is 10.3 Å². The normalized spacial score (nSPS) is 13.5. The standard InChI is InChI=1S/C17H12ClN3O/c18-13-5-3-11(4-6-13)10-21-17-14(9-19)15(22)8-12-2-1-7-20-16(12)17/h1-7,21H,8,10H2. The third-order valence-electron chi connectivity index (χ3n) is 3.50. The maximum atomic E-state index is 12.1. The first-order valence-electron chi connectivity index (χ1n) is 6.79. The van der Waals surface area contributed by atoms with Crippen molar-refractivity contribution < 1.29 is 4.79 Å². The molecule has 0 spiro atoms. The monoisotopic (exact) mass is 309 g/mol. The van der Waals surface area contributed by atoms with Gasteiger partial charge in [-0.2, -0.15) is 5.26 Å². The Labute approximate surface area is 133 Å². The number of Topliss-reactive ketones (excluding diaryl/α,β-unsaturated/α-hetero) is 1. The van der Waals surface area contributed by atoms with Crippen molar-refractivity contribution in [1.29, 1.82) is 5.26 Å². The second-order valence-corrected chi connectivity index (χ2v) is 5.39. The van der Waals surface area contributed by atoms with Gasteiger partial charge in [-0.3, -0.25) is 9.78 Å². The smallest absolute Gasteiger partial charge is 0.180 e. The lowest BCUT2D eigenvalue weighted by atomic mass is 9.92. The molecule has 0 atom stereocenters. The Bertz CT molecular complexity index is 803. The molecular weight excluding hydrogens is 298 g/mol. The van der Waals surface area contributed by atoms with Gasteiger partial charge in [0.2, 0.25) is 0 Å². The van der Waals surface area contributed by atoms with Gasteiger partial charge >= 0.3 is 0 Å². The number of hydrogen-bond donors (Lipinski definition) is 1. The topological polar surface area (TPSA) is 65.8 Å². The molecule has 0 bridgehead atoms. The maximum Gasteiger partial charge on any atom is 0.180 e. The summed E-state index contributed by atoms with van der Waals surface area (Å²) in [5.74, 6) is -0.179. The fraction of sp³-hybridized carbons (Fsp3) is 0.118. The number of nitrogens with one attached hydrogen (secondary N) is 1. The van der Waals surface area contributed by atoms with Crippen molar-refractivity contribution in [3.05, 3.63) is 70.0 Å². The van der Waals surface area contributed by atoms with E-state index in [-0.39, 0.29) is 17.8 Å². The van der Waals surface area contributed by atoms with Crippen LogP contribution in [0.25, 0.3) is 5.70 Å². The molecule has 4 nitrogen and oxygen atoms in total. The largest absolute Gasteiger partial charge is 0.378 e. The van der Waals surface area contributed by atoms with Crippen molar-refractivity contribution in [2.24, 2.45) is 0 Å². The third kappa shape index (κ3) is 2.72. The molecule has 0 saturated carbocycles. The number of benzene rings is 1. The minimum absolute atomic E-state index is 0.139. The van der Waals surface area contributed by atoms with Crippen LogP contribution in [0.2, 0.25) is 5.02 Å². The first-order chi connectivity index (χ1) is 10.7. The summed E-state index contributed by atoms with van der Waals surface area (Å²) in [5, 5.41) is 13.1. The Morgan fingerprint density at radius 3 is 2.77 bits per heavy atom. The number of rotatable bonds is 3. The average Bonchev–Trinajstić information content (AvgIpc) is 2.53. The summed E-state index contributed by atoms with van der Waals surface area (Å²) in [7, 11) is 0. The lowest BCUT2D eigenvalue weighted by molar-refractivity contribution is -0.114. The molecule has 1 aromatic heterocycles. The van der Waals surface area contributed by atoms with E-state index >= 15 is 0 Å². The molecule has 5 heteroatoms. The number of aromatic nitrogens is 1. The molecule has 0 aliphatic heterocycles. The lowest BCUT2D eigenvalue weighted by Crippen LogP contribution is -2.24. The molecule has 1 aliphatic rings. The predicted molar refractivity (Wildman–Crippen MR) is 83.8 cm³/mol. The van der Waals surface area contributed by atoms with Gasteiger partial charge in [-0.05, 0) is 29.3 Å². The van der Waals surface area contributed by atoms with Crippen molar-refractivity contribution in [3.8, 4) is 6.07 Å². The molecular formula is C17H12ClN3O. The van der Waals surface area contributed by atoms with E-state index in [0.29, 0.717) is 23.0 Å². The number of allylic oxidation sites excluding steroid dienone is 1. The number of carbonyl (C=O) groups is 1. The Balaban J connectivity index is 1.93. The maximum absolute atomic E-state index is 12.1. The van der Waals surface area contributed by atoms with Crippen LogP contribution >= 0.6 is 11.6 Å². The van der Waals surface area contributed by atoms with Crippen LogP contribution in [0.3, 0.4) is 0 Å². The van der Waals surface area contributed by atoms with Crippen molar-refractivity contribution in [2.45, 2.75) is 13.0 Å². The Kier molecular flexibility index (Phi) is 3.90. The number of pyridine rings is 1. The van der Waals surface area contributed by atoms with E-state index in [1.807, 2.05) is 24.3 Å². The molecule has 0 saturated heterocycles. The van der Waals surface area contributed by atoms with Crippen LogP contribution in [0, 0.1) is 11.3 Å². The molecule has 0 unspecified atom stereocenters. The summed E-state index contributed by atoms with van der Waals surface area (Å²) in [4.78, 5) is 16.4. The number of hydrogen-bond acceptors (Lipinski definition) is 4. The molecule has 1 aliphatic carbocycles. The summed E-state index contributed by atoms with van der Waals surface area (Å²) < 4.78 is 0. The first-order valence-corrected chi connectivity index (χ1v) is 7.17. The predicted octanol–water partition coefficient (Wildman–Crippen LogP) is 2.88. The van der Waals surface area contributed by atoms with E-state index in [9.17, 15) is 10.1 Å². The summed E-state index contributed by atoms with van der Waals surface area (Å²) in [6.07, 6.45) is 1.88. The Morgan fingerprint density at radius 2 is 2.05 bits per heavy atom. The van der Waals surface area contributed by atoms with E-state index in [4.69, 9.17) is 11.6 Å². The highest BCUT2D eigenvalue weighted by molar-refractivity contribution is 6.30. The van der Waals surface area contributed by atoms with Gasteiger partial charge < -0.3 is 5.32 Å². The van der Waals surface area contributed by atoms with Gasteiger partial charge in [0.05, 0.1) is 11.4 Å². The molecule has 3 rings (SSSR count). The van der Waals surface area contributed by atoms with Crippen LogP contribution in [0.1, 0.15) is 16.8 Å². The van der Waals surface area contributed by atoms with Crippen LogP contribution in [0.4, 0.5) is 0 Å². The highest BCUT2D eigenvalue weighted by Gasteiger charge is 2.26. The second kappa shape index (κ2) is 6.00. The highest BCUT2D eigenvalue weighted by atomic mass is 35.5. The van der Waals surface area contributed by atoms with E-state index in [1.54, 1.807) is 24.4 Å². The van der Waals surface area contributed by atoms with Crippen LogP contribution in [0.15, 0.2) is 48.2 Å². The van der Waals surface area contributed by atoms with E-state index in [1.165, 1.54) is 0 Å². The molecule has 0 amide bonds. The summed E-state index contributed by atoms with van der Waals surface area (Å²) in [6.45, 7) is 0.487. The number of ketones is 1. The number of carbonyl (C=O) groups excluding carboxylic acids is 1. The third-order valence-corrected chi connectivity index (χ3v) is 3.75. The summed E-state index contributed by atoms with van der Waals surface area (Å²) in [5.41, 5.74) is 3.16. The van der Waals surface area contributed by atoms with Gasteiger partial charge in [0.25, 0.3) is 0 Å². The van der Waals surface area contributed by atoms with Crippen LogP contribution < -0.4 is 5.32 Å². The van der Waals surface area contributed by atoms with E-state index in [0.717, 1.165) is 11.1 Å². The SMILES string of the molecule is N#CC1=C(NCc2ccc(Cl)cc2)c2ncccc2CC1=O. The number of nitriles is 1. The van der Waals surface area contributed by atoms with Gasteiger partial charge in [-0.15, -0.1) is 0 Å².